The summed E-state index contributed by atoms with van der Waals surface area (Å²) in [5.74, 6) is 0. The predicted molar refractivity (Wildman–Crippen MR) is 75.6 cm³/mol. The van der Waals surface area contributed by atoms with E-state index in [-0.39, 0.29) is 5.54 Å². The third-order valence-electron chi connectivity index (χ3n) is 3.70. The van der Waals surface area contributed by atoms with Gasteiger partial charge in [0.05, 0.1) is 0 Å². The van der Waals surface area contributed by atoms with E-state index < -0.39 is 0 Å². The Morgan fingerprint density at radius 3 is 2.12 bits per heavy atom. The highest BCUT2D eigenvalue weighted by Crippen LogP contribution is 2.43. The van der Waals surface area contributed by atoms with Crippen molar-refractivity contribution in [3.05, 3.63) is 29.8 Å². The molecule has 1 aliphatic rings. The molecule has 1 heterocycles. The van der Waals surface area contributed by atoms with E-state index >= 15 is 0 Å². The molecule has 0 aliphatic carbocycles. The van der Waals surface area contributed by atoms with Crippen LogP contribution in [0.1, 0.15) is 47.1 Å². The van der Waals surface area contributed by atoms with E-state index in [1.807, 2.05) is 0 Å². The molecule has 1 aromatic carbocycles. The Balaban J connectivity index is 2.48. The normalized spacial score (nSPS) is 20.6. The van der Waals surface area contributed by atoms with Crippen molar-refractivity contribution in [1.82, 2.24) is 0 Å². The van der Waals surface area contributed by atoms with Crippen LogP contribution in [0, 0.1) is 5.41 Å². The molecule has 0 N–H and O–H groups in total. The molecule has 0 aromatic heterocycles. The van der Waals surface area contributed by atoms with E-state index in [4.69, 9.17) is 0 Å². The molecule has 1 aromatic rings. The minimum Gasteiger partial charge on any atom is -0.363 e. The topological polar surface area (TPSA) is 3.24 Å². The van der Waals surface area contributed by atoms with Crippen molar-refractivity contribution in [2.45, 2.75) is 59.5 Å². The molecule has 0 saturated carbocycles. The number of nitrogens with zero attached hydrogens (tertiary/aromatic N) is 1. The number of hydrogen-bond donors (Lipinski definition) is 0. The molecular weight excluding hydrogens is 206 g/mol. The second-order valence-electron chi connectivity index (χ2n) is 7.26. The maximum Gasteiger partial charge on any atom is 0.0406 e. The summed E-state index contributed by atoms with van der Waals surface area (Å²) in [6.07, 6.45) is 1.18. The van der Waals surface area contributed by atoms with Crippen LogP contribution in [0.3, 0.4) is 0 Å². The fourth-order valence-electron chi connectivity index (χ4n) is 2.91. The van der Waals surface area contributed by atoms with Gasteiger partial charge in [-0.1, -0.05) is 39.0 Å². The number of fused-ring (bicyclic) bond motifs is 1. The Kier molecular flexibility index (Phi) is 2.76. The molecule has 0 unspecified atom stereocenters. The molecule has 1 atom stereocenters. The Bertz CT molecular complexity index is 406. The lowest BCUT2D eigenvalue weighted by Gasteiger charge is -2.45. The van der Waals surface area contributed by atoms with Crippen LogP contribution in [-0.2, 0) is 6.42 Å². The summed E-state index contributed by atoms with van der Waals surface area (Å²) < 4.78 is 0. The summed E-state index contributed by atoms with van der Waals surface area (Å²) in [5, 5.41) is 0. The second kappa shape index (κ2) is 3.76. The van der Waals surface area contributed by atoms with Crippen molar-refractivity contribution in [1.29, 1.82) is 0 Å². The van der Waals surface area contributed by atoms with Gasteiger partial charge in [0.15, 0.2) is 0 Å². The van der Waals surface area contributed by atoms with Crippen LogP contribution in [0.25, 0.3) is 0 Å². The summed E-state index contributed by atoms with van der Waals surface area (Å²) in [6.45, 7) is 14.0. The number of anilines is 1. The monoisotopic (exact) mass is 231 g/mol. The molecule has 0 radical (unpaired) electrons. The molecule has 0 saturated heterocycles. The van der Waals surface area contributed by atoms with Crippen LogP contribution in [-0.4, -0.2) is 11.6 Å². The summed E-state index contributed by atoms with van der Waals surface area (Å²) in [5.41, 5.74) is 3.43. The fraction of sp³-hybridized carbons (Fsp3) is 0.625. The summed E-state index contributed by atoms with van der Waals surface area (Å²) in [4.78, 5) is 2.61. The van der Waals surface area contributed by atoms with Crippen molar-refractivity contribution in [2.75, 3.05) is 4.90 Å². The zero-order chi connectivity index (χ0) is 12.8. The van der Waals surface area contributed by atoms with Crippen LogP contribution in [0.15, 0.2) is 24.3 Å². The lowest BCUT2D eigenvalue weighted by Crippen LogP contribution is -2.51. The van der Waals surface area contributed by atoms with Crippen molar-refractivity contribution in [3.63, 3.8) is 0 Å². The molecule has 1 nitrogen and oxygen atoms in total. The standard InChI is InChI=1S/C16H25N/c1-15(2,3)14-11-12-9-7-8-10-13(12)17(14)16(4,5)6/h7-10,14H,11H2,1-6H3/t14-/m0/s1. The van der Waals surface area contributed by atoms with Gasteiger partial charge in [-0.3, -0.25) is 0 Å². The molecular formula is C16H25N. The quantitative estimate of drug-likeness (QED) is 0.645. The molecule has 0 amide bonds. The van der Waals surface area contributed by atoms with Crippen molar-refractivity contribution in [3.8, 4) is 0 Å². The van der Waals surface area contributed by atoms with E-state index in [0.29, 0.717) is 11.5 Å². The summed E-state index contributed by atoms with van der Waals surface area (Å²) in [7, 11) is 0. The minimum atomic E-state index is 0.185. The van der Waals surface area contributed by atoms with Gasteiger partial charge in [0, 0.05) is 17.3 Å². The van der Waals surface area contributed by atoms with Gasteiger partial charge < -0.3 is 4.90 Å². The fourth-order valence-corrected chi connectivity index (χ4v) is 2.91. The molecule has 0 bridgehead atoms. The van der Waals surface area contributed by atoms with Crippen molar-refractivity contribution < 1.29 is 0 Å². The van der Waals surface area contributed by atoms with Crippen LogP contribution in [0.5, 0.6) is 0 Å². The minimum absolute atomic E-state index is 0.185. The zero-order valence-corrected chi connectivity index (χ0v) is 12.0. The maximum atomic E-state index is 2.61. The van der Waals surface area contributed by atoms with Crippen molar-refractivity contribution in [2.24, 2.45) is 5.41 Å². The largest absolute Gasteiger partial charge is 0.363 e. The Hall–Kier alpha value is -0.980. The average Bonchev–Trinajstić information content (AvgIpc) is 2.54. The van der Waals surface area contributed by atoms with E-state index in [1.54, 1.807) is 0 Å². The van der Waals surface area contributed by atoms with E-state index in [2.05, 4.69) is 70.7 Å². The van der Waals surface area contributed by atoms with Crippen LogP contribution in [0.4, 0.5) is 5.69 Å². The highest BCUT2D eigenvalue weighted by Gasteiger charge is 2.41. The lowest BCUT2D eigenvalue weighted by molar-refractivity contribution is 0.277. The molecule has 0 spiro atoms. The number of rotatable bonds is 0. The molecule has 17 heavy (non-hydrogen) atoms. The Morgan fingerprint density at radius 1 is 1.00 bits per heavy atom. The highest BCUT2D eigenvalue weighted by molar-refractivity contribution is 5.61. The Labute approximate surface area is 106 Å². The molecule has 1 aliphatic heterocycles. The first-order chi connectivity index (χ1) is 7.71. The number of para-hydroxylation sites is 1. The molecule has 0 fully saturated rings. The Morgan fingerprint density at radius 2 is 1.59 bits per heavy atom. The van der Waals surface area contributed by atoms with Gasteiger partial charge in [0.25, 0.3) is 0 Å². The summed E-state index contributed by atoms with van der Waals surface area (Å²) >= 11 is 0. The van der Waals surface area contributed by atoms with Crippen LogP contribution < -0.4 is 4.90 Å². The highest BCUT2D eigenvalue weighted by atomic mass is 15.2. The SMILES string of the molecule is CC(C)(C)[C@@H]1Cc2ccccc2N1C(C)(C)C. The number of benzene rings is 1. The van der Waals surface area contributed by atoms with E-state index in [0.717, 1.165) is 0 Å². The predicted octanol–water partition coefficient (Wildman–Crippen LogP) is 4.26. The van der Waals surface area contributed by atoms with E-state index in [1.165, 1.54) is 17.7 Å². The molecule has 94 valence electrons. The molecule has 1 heteroatoms. The number of hydrogen-bond acceptors (Lipinski definition) is 1. The van der Waals surface area contributed by atoms with Crippen LogP contribution >= 0.6 is 0 Å². The van der Waals surface area contributed by atoms with Gasteiger partial charge in [-0.2, -0.15) is 0 Å². The van der Waals surface area contributed by atoms with Gasteiger partial charge in [-0.15, -0.1) is 0 Å². The third kappa shape index (κ3) is 2.20. The first-order valence-corrected chi connectivity index (χ1v) is 6.58. The summed E-state index contributed by atoms with van der Waals surface area (Å²) in [6, 6.07) is 9.46. The third-order valence-corrected chi connectivity index (χ3v) is 3.70. The second-order valence-corrected chi connectivity index (χ2v) is 7.26. The van der Waals surface area contributed by atoms with E-state index in [9.17, 15) is 0 Å². The van der Waals surface area contributed by atoms with Gasteiger partial charge in [0.2, 0.25) is 0 Å². The zero-order valence-electron chi connectivity index (χ0n) is 12.0. The maximum absolute atomic E-state index is 2.61. The first kappa shape index (κ1) is 12.5. The van der Waals surface area contributed by atoms with Gasteiger partial charge in [0.1, 0.15) is 0 Å². The molecule has 2 rings (SSSR count). The average molecular weight is 231 g/mol. The first-order valence-electron chi connectivity index (χ1n) is 6.58. The van der Waals surface area contributed by atoms with Crippen LogP contribution in [0.2, 0.25) is 0 Å². The van der Waals surface area contributed by atoms with Gasteiger partial charge in [-0.25, -0.2) is 0 Å². The van der Waals surface area contributed by atoms with Crippen molar-refractivity contribution >= 4 is 5.69 Å². The van der Waals surface area contributed by atoms with Gasteiger partial charge in [-0.05, 0) is 44.2 Å². The smallest absolute Gasteiger partial charge is 0.0406 e. The lowest BCUT2D eigenvalue weighted by atomic mass is 9.83. The van der Waals surface area contributed by atoms with Gasteiger partial charge >= 0.3 is 0 Å².